The first kappa shape index (κ1) is 8.52. The van der Waals surface area contributed by atoms with Gasteiger partial charge in [-0.15, -0.1) is 0 Å². The number of hydrogen-bond acceptors (Lipinski definition) is 3. The fraction of sp³-hybridized carbons (Fsp3) is 0.0909. The molecule has 0 spiro atoms. The van der Waals surface area contributed by atoms with Gasteiger partial charge in [-0.2, -0.15) is 5.26 Å². The molecular formula is C11H9N3. The molecule has 0 unspecified atom stereocenters. The first-order valence-corrected chi connectivity index (χ1v) is 4.28. The molecule has 68 valence electrons. The average Bonchev–Trinajstić information content (AvgIpc) is 2.19. The molecular weight excluding hydrogens is 174 g/mol. The number of rotatable bonds is 0. The molecule has 0 aliphatic carbocycles. The summed E-state index contributed by atoms with van der Waals surface area (Å²) in [5.74, 6) is 0.300. The second-order valence-electron chi connectivity index (χ2n) is 3.18. The maximum Gasteiger partial charge on any atom is 0.142 e. The highest BCUT2D eigenvalue weighted by Crippen LogP contribution is 2.20. The van der Waals surface area contributed by atoms with Crippen molar-refractivity contribution < 1.29 is 0 Å². The summed E-state index contributed by atoms with van der Waals surface area (Å²) in [4.78, 5) is 4.20. The van der Waals surface area contributed by atoms with Gasteiger partial charge in [0.1, 0.15) is 11.9 Å². The summed E-state index contributed by atoms with van der Waals surface area (Å²) in [6.07, 6.45) is 0. The number of benzene rings is 1. The Morgan fingerprint density at radius 2 is 2.21 bits per heavy atom. The molecule has 0 aliphatic heterocycles. The van der Waals surface area contributed by atoms with Crippen LogP contribution in [-0.4, -0.2) is 4.98 Å². The van der Waals surface area contributed by atoms with Gasteiger partial charge in [-0.05, 0) is 18.6 Å². The van der Waals surface area contributed by atoms with Crippen LogP contribution in [0.5, 0.6) is 0 Å². The summed E-state index contributed by atoms with van der Waals surface area (Å²) < 4.78 is 0. The third-order valence-electron chi connectivity index (χ3n) is 2.20. The number of aryl methyl sites for hydroxylation is 1. The van der Waals surface area contributed by atoms with E-state index in [1.54, 1.807) is 6.07 Å². The molecule has 0 bridgehead atoms. The number of nitriles is 1. The minimum absolute atomic E-state index is 0.300. The Kier molecular flexibility index (Phi) is 1.83. The molecule has 2 rings (SSSR count). The number of nitrogens with two attached hydrogens (primary N) is 1. The topological polar surface area (TPSA) is 62.7 Å². The lowest BCUT2D eigenvalue weighted by Crippen LogP contribution is -1.96. The number of hydrogen-bond donors (Lipinski definition) is 1. The summed E-state index contributed by atoms with van der Waals surface area (Å²) in [5, 5.41) is 9.73. The van der Waals surface area contributed by atoms with E-state index < -0.39 is 0 Å². The molecule has 0 saturated carbocycles. The zero-order chi connectivity index (χ0) is 10.1. The Hall–Kier alpha value is -2.08. The number of fused-ring (bicyclic) bond motifs is 1. The molecule has 1 heterocycles. The number of nitrogens with zero attached hydrogens (tertiary/aromatic N) is 2. The van der Waals surface area contributed by atoms with Crippen LogP contribution in [0.15, 0.2) is 24.3 Å². The molecule has 14 heavy (non-hydrogen) atoms. The van der Waals surface area contributed by atoms with Crippen molar-refractivity contribution in [2.24, 2.45) is 0 Å². The van der Waals surface area contributed by atoms with Crippen molar-refractivity contribution in [1.82, 2.24) is 4.98 Å². The monoisotopic (exact) mass is 183 g/mol. The summed E-state index contributed by atoms with van der Waals surface area (Å²) in [7, 11) is 0. The number of para-hydroxylation sites is 1. The molecule has 2 N–H and O–H groups in total. The Labute approximate surface area is 81.8 Å². The minimum atomic E-state index is 0.300. The van der Waals surface area contributed by atoms with Gasteiger partial charge in [-0.3, -0.25) is 0 Å². The van der Waals surface area contributed by atoms with Gasteiger partial charge in [-0.25, -0.2) is 4.98 Å². The molecule has 3 nitrogen and oxygen atoms in total. The zero-order valence-corrected chi connectivity index (χ0v) is 7.78. The second-order valence-corrected chi connectivity index (χ2v) is 3.18. The van der Waals surface area contributed by atoms with E-state index in [4.69, 9.17) is 11.0 Å². The van der Waals surface area contributed by atoms with Crippen LogP contribution in [0, 0.1) is 18.3 Å². The van der Waals surface area contributed by atoms with E-state index in [-0.39, 0.29) is 0 Å². The molecule has 1 aromatic carbocycles. The van der Waals surface area contributed by atoms with Crippen molar-refractivity contribution in [1.29, 1.82) is 5.26 Å². The predicted molar refractivity (Wildman–Crippen MR) is 55.6 cm³/mol. The van der Waals surface area contributed by atoms with Crippen molar-refractivity contribution in [2.75, 3.05) is 5.73 Å². The quantitative estimate of drug-likeness (QED) is 0.679. The SMILES string of the molecule is Cc1cccc2cc(C#N)c(N)nc12. The van der Waals surface area contributed by atoms with E-state index in [0.29, 0.717) is 11.4 Å². The summed E-state index contributed by atoms with van der Waals surface area (Å²) in [6, 6.07) is 9.63. The first-order chi connectivity index (χ1) is 6.72. The number of aromatic nitrogens is 1. The van der Waals surface area contributed by atoms with Crippen LogP contribution in [0.2, 0.25) is 0 Å². The van der Waals surface area contributed by atoms with Crippen LogP contribution in [-0.2, 0) is 0 Å². The highest BCUT2D eigenvalue weighted by Gasteiger charge is 2.04. The van der Waals surface area contributed by atoms with E-state index in [9.17, 15) is 0 Å². The molecule has 0 radical (unpaired) electrons. The van der Waals surface area contributed by atoms with Crippen molar-refractivity contribution in [3.05, 3.63) is 35.4 Å². The molecule has 0 atom stereocenters. The summed E-state index contributed by atoms with van der Waals surface area (Å²) >= 11 is 0. The van der Waals surface area contributed by atoms with Crippen LogP contribution in [0.1, 0.15) is 11.1 Å². The van der Waals surface area contributed by atoms with Gasteiger partial charge in [-0.1, -0.05) is 18.2 Å². The van der Waals surface area contributed by atoms with Gasteiger partial charge in [0.15, 0.2) is 0 Å². The fourth-order valence-electron chi connectivity index (χ4n) is 1.45. The number of nitrogen functional groups attached to an aromatic ring is 1. The van der Waals surface area contributed by atoms with Crippen LogP contribution in [0.25, 0.3) is 10.9 Å². The van der Waals surface area contributed by atoms with E-state index in [0.717, 1.165) is 16.5 Å². The molecule has 0 fully saturated rings. The molecule has 3 heteroatoms. The average molecular weight is 183 g/mol. The van der Waals surface area contributed by atoms with Gasteiger partial charge in [0.25, 0.3) is 0 Å². The van der Waals surface area contributed by atoms with E-state index in [2.05, 4.69) is 4.98 Å². The number of anilines is 1. The van der Waals surface area contributed by atoms with Gasteiger partial charge in [0.2, 0.25) is 0 Å². The van der Waals surface area contributed by atoms with E-state index >= 15 is 0 Å². The maximum absolute atomic E-state index is 8.78. The molecule has 0 amide bonds. The summed E-state index contributed by atoms with van der Waals surface area (Å²) in [5.41, 5.74) is 8.00. The molecule has 2 aromatic rings. The maximum atomic E-state index is 8.78. The first-order valence-electron chi connectivity index (χ1n) is 4.28. The lowest BCUT2D eigenvalue weighted by molar-refractivity contribution is 1.35. The lowest BCUT2D eigenvalue weighted by atomic mass is 10.1. The van der Waals surface area contributed by atoms with Gasteiger partial charge < -0.3 is 5.73 Å². The highest BCUT2D eigenvalue weighted by atomic mass is 14.8. The summed E-state index contributed by atoms with van der Waals surface area (Å²) in [6.45, 7) is 1.97. The third kappa shape index (κ3) is 1.17. The van der Waals surface area contributed by atoms with Crippen LogP contribution in [0.3, 0.4) is 0 Å². The lowest BCUT2D eigenvalue weighted by Gasteiger charge is -2.03. The fourth-order valence-corrected chi connectivity index (χ4v) is 1.45. The smallest absolute Gasteiger partial charge is 0.142 e. The third-order valence-corrected chi connectivity index (χ3v) is 2.20. The Balaban J connectivity index is 2.88. The Morgan fingerprint density at radius 1 is 1.43 bits per heavy atom. The van der Waals surface area contributed by atoms with Crippen molar-refractivity contribution in [3.63, 3.8) is 0 Å². The highest BCUT2D eigenvalue weighted by molar-refractivity contribution is 5.85. The van der Waals surface area contributed by atoms with Gasteiger partial charge in [0.05, 0.1) is 11.1 Å². The van der Waals surface area contributed by atoms with Crippen LogP contribution in [0.4, 0.5) is 5.82 Å². The Bertz CT molecular complexity index is 538. The zero-order valence-electron chi connectivity index (χ0n) is 7.78. The Morgan fingerprint density at radius 3 is 2.93 bits per heavy atom. The van der Waals surface area contributed by atoms with Gasteiger partial charge in [0, 0.05) is 5.39 Å². The van der Waals surface area contributed by atoms with Gasteiger partial charge >= 0.3 is 0 Å². The van der Waals surface area contributed by atoms with E-state index in [1.807, 2.05) is 31.2 Å². The van der Waals surface area contributed by atoms with E-state index in [1.165, 1.54) is 0 Å². The standard InChI is InChI=1S/C11H9N3/c1-7-3-2-4-8-5-9(6-12)11(13)14-10(7)8/h2-5H,1H3,(H2,13,14). The van der Waals surface area contributed by atoms with Crippen molar-refractivity contribution >= 4 is 16.7 Å². The van der Waals surface area contributed by atoms with Crippen LogP contribution >= 0.6 is 0 Å². The largest absolute Gasteiger partial charge is 0.383 e. The predicted octanol–water partition coefficient (Wildman–Crippen LogP) is 2.00. The normalized spacial score (nSPS) is 10.0. The molecule has 0 aliphatic rings. The van der Waals surface area contributed by atoms with Crippen molar-refractivity contribution in [2.45, 2.75) is 6.92 Å². The minimum Gasteiger partial charge on any atom is -0.383 e. The molecule has 0 saturated heterocycles. The molecule has 1 aromatic heterocycles. The van der Waals surface area contributed by atoms with Crippen LogP contribution < -0.4 is 5.73 Å². The van der Waals surface area contributed by atoms with Crippen molar-refractivity contribution in [3.8, 4) is 6.07 Å². The second kappa shape index (κ2) is 3.00. The number of pyridine rings is 1.